The van der Waals surface area contributed by atoms with Gasteiger partial charge in [0.1, 0.15) is 0 Å². The van der Waals surface area contributed by atoms with Crippen LogP contribution in [0.15, 0.2) is 24.8 Å². The zero-order chi connectivity index (χ0) is 13.5. The molecule has 1 aromatic rings. The molecule has 1 unspecified atom stereocenters. The molecule has 1 atom stereocenters. The molecule has 102 valence electrons. The summed E-state index contributed by atoms with van der Waals surface area (Å²) in [5.74, 6) is -0.107. The van der Waals surface area contributed by atoms with Crippen LogP contribution in [0, 0.1) is 12.8 Å². The van der Waals surface area contributed by atoms with Crippen LogP contribution in [-0.2, 0) is 22.3 Å². The monoisotopic (exact) mass is 259 g/mol. The van der Waals surface area contributed by atoms with E-state index in [1.165, 1.54) is 16.7 Å². The molecule has 3 heteroatoms. The standard InChI is InChI=1S/C16H21NO2/c1-3-4-13-9-14-11(2)15(17)6-5-12(14)10-16(13)18-7-8-19-16/h3,5-6,13H,1,4,7-10,17H2,2H3. The summed E-state index contributed by atoms with van der Waals surface area (Å²) < 4.78 is 11.9. The number of benzene rings is 1. The van der Waals surface area contributed by atoms with Crippen LogP contribution in [0.3, 0.4) is 0 Å². The molecule has 1 aliphatic carbocycles. The molecular weight excluding hydrogens is 238 g/mol. The summed E-state index contributed by atoms with van der Waals surface area (Å²) in [5, 5.41) is 0. The lowest BCUT2D eigenvalue weighted by Crippen LogP contribution is -2.45. The maximum absolute atomic E-state index is 6.03. The van der Waals surface area contributed by atoms with Crippen molar-refractivity contribution in [3.63, 3.8) is 0 Å². The van der Waals surface area contributed by atoms with Crippen LogP contribution in [0.25, 0.3) is 0 Å². The summed E-state index contributed by atoms with van der Waals surface area (Å²) in [6, 6.07) is 4.11. The van der Waals surface area contributed by atoms with Crippen LogP contribution in [0.2, 0.25) is 0 Å². The topological polar surface area (TPSA) is 44.5 Å². The van der Waals surface area contributed by atoms with E-state index in [0.717, 1.165) is 24.9 Å². The van der Waals surface area contributed by atoms with E-state index in [1.54, 1.807) is 0 Å². The molecule has 0 saturated carbocycles. The summed E-state index contributed by atoms with van der Waals surface area (Å²) in [4.78, 5) is 0. The largest absolute Gasteiger partial charge is 0.399 e. The van der Waals surface area contributed by atoms with Crippen LogP contribution < -0.4 is 5.73 Å². The Hall–Kier alpha value is -1.32. The van der Waals surface area contributed by atoms with Crippen molar-refractivity contribution in [2.75, 3.05) is 18.9 Å². The molecular formula is C16H21NO2. The molecule has 3 nitrogen and oxygen atoms in total. The number of allylic oxidation sites excluding steroid dienone is 1. The first-order valence-corrected chi connectivity index (χ1v) is 6.92. The highest BCUT2D eigenvalue weighted by molar-refractivity contribution is 5.54. The Balaban J connectivity index is 2.02. The summed E-state index contributed by atoms with van der Waals surface area (Å²) in [7, 11) is 0. The Bertz CT molecular complexity index is 504. The Labute approximate surface area is 114 Å². The highest BCUT2D eigenvalue weighted by Gasteiger charge is 2.47. The summed E-state index contributed by atoms with van der Waals surface area (Å²) in [6.45, 7) is 7.36. The Morgan fingerprint density at radius 1 is 1.42 bits per heavy atom. The molecule has 2 N–H and O–H groups in total. The van der Waals surface area contributed by atoms with Crippen molar-refractivity contribution in [3.8, 4) is 0 Å². The zero-order valence-electron chi connectivity index (χ0n) is 11.4. The Kier molecular flexibility index (Phi) is 3.11. The van der Waals surface area contributed by atoms with Gasteiger partial charge in [-0.05, 0) is 42.5 Å². The molecule has 1 aliphatic heterocycles. The van der Waals surface area contributed by atoms with Gasteiger partial charge in [0.05, 0.1) is 13.2 Å². The van der Waals surface area contributed by atoms with Gasteiger partial charge < -0.3 is 15.2 Å². The third-order valence-electron chi connectivity index (χ3n) is 4.47. The summed E-state index contributed by atoms with van der Waals surface area (Å²) in [6.07, 6.45) is 4.65. The number of nitrogen functional groups attached to an aromatic ring is 1. The van der Waals surface area contributed by atoms with Gasteiger partial charge in [0, 0.05) is 18.0 Å². The van der Waals surface area contributed by atoms with Gasteiger partial charge in [-0.2, -0.15) is 0 Å². The molecule has 2 aliphatic rings. The number of nitrogens with two attached hydrogens (primary N) is 1. The SMILES string of the molecule is C=CCC1Cc2c(ccc(N)c2C)CC12OCCO2. The average Bonchev–Trinajstić information content (AvgIpc) is 2.86. The maximum atomic E-state index is 6.03. The van der Waals surface area contributed by atoms with Crippen LogP contribution in [0.5, 0.6) is 0 Å². The molecule has 1 saturated heterocycles. The van der Waals surface area contributed by atoms with E-state index in [1.807, 2.05) is 12.1 Å². The van der Waals surface area contributed by atoms with Gasteiger partial charge in [0.2, 0.25) is 0 Å². The van der Waals surface area contributed by atoms with Crippen molar-refractivity contribution in [3.05, 3.63) is 41.5 Å². The number of ether oxygens (including phenoxy) is 2. The number of hydrogen-bond acceptors (Lipinski definition) is 3. The first-order valence-electron chi connectivity index (χ1n) is 6.92. The van der Waals surface area contributed by atoms with E-state index >= 15 is 0 Å². The van der Waals surface area contributed by atoms with Crippen molar-refractivity contribution < 1.29 is 9.47 Å². The predicted octanol–water partition coefficient (Wildman–Crippen LogP) is 2.61. The number of fused-ring (bicyclic) bond motifs is 1. The minimum Gasteiger partial charge on any atom is -0.399 e. The molecule has 1 heterocycles. The fourth-order valence-electron chi connectivity index (χ4n) is 3.36. The molecule has 1 aromatic carbocycles. The molecule has 1 fully saturated rings. The van der Waals surface area contributed by atoms with Gasteiger partial charge in [0.25, 0.3) is 0 Å². The van der Waals surface area contributed by atoms with E-state index in [0.29, 0.717) is 19.1 Å². The van der Waals surface area contributed by atoms with Gasteiger partial charge in [0.15, 0.2) is 5.79 Å². The Morgan fingerprint density at radius 3 is 2.84 bits per heavy atom. The van der Waals surface area contributed by atoms with Crippen LogP contribution in [-0.4, -0.2) is 19.0 Å². The van der Waals surface area contributed by atoms with Gasteiger partial charge in [-0.15, -0.1) is 6.58 Å². The first-order chi connectivity index (χ1) is 9.16. The second-order valence-electron chi connectivity index (χ2n) is 5.53. The highest BCUT2D eigenvalue weighted by Crippen LogP contribution is 2.42. The maximum Gasteiger partial charge on any atom is 0.175 e. The third-order valence-corrected chi connectivity index (χ3v) is 4.47. The van der Waals surface area contributed by atoms with Crippen molar-refractivity contribution in [1.29, 1.82) is 0 Å². The molecule has 19 heavy (non-hydrogen) atoms. The van der Waals surface area contributed by atoms with Crippen LogP contribution in [0.1, 0.15) is 23.1 Å². The Morgan fingerprint density at radius 2 is 2.16 bits per heavy atom. The molecule has 3 rings (SSSR count). The van der Waals surface area contributed by atoms with Crippen molar-refractivity contribution in [1.82, 2.24) is 0 Å². The van der Waals surface area contributed by atoms with E-state index in [9.17, 15) is 0 Å². The van der Waals surface area contributed by atoms with Crippen LogP contribution in [0.4, 0.5) is 5.69 Å². The normalized spacial score (nSPS) is 24.4. The second-order valence-corrected chi connectivity index (χ2v) is 5.53. The summed E-state index contributed by atoms with van der Waals surface area (Å²) >= 11 is 0. The van der Waals surface area contributed by atoms with Crippen molar-refractivity contribution in [2.24, 2.45) is 5.92 Å². The molecule has 0 aromatic heterocycles. The lowest BCUT2D eigenvalue weighted by Gasteiger charge is -2.40. The first kappa shape index (κ1) is 12.7. The lowest BCUT2D eigenvalue weighted by molar-refractivity contribution is -0.197. The fraction of sp³-hybridized carbons (Fsp3) is 0.500. The van der Waals surface area contributed by atoms with Crippen molar-refractivity contribution in [2.45, 2.75) is 32.0 Å². The molecule has 0 amide bonds. The van der Waals surface area contributed by atoms with Gasteiger partial charge in [-0.25, -0.2) is 0 Å². The quantitative estimate of drug-likeness (QED) is 0.656. The number of anilines is 1. The molecule has 1 spiro atoms. The zero-order valence-corrected chi connectivity index (χ0v) is 11.4. The number of hydrogen-bond donors (Lipinski definition) is 1. The highest BCUT2D eigenvalue weighted by atomic mass is 16.7. The van der Waals surface area contributed by atoms with Gasteiger partial charge in [-0.3, -0.25) is 0 Å². The minimum atomic E-state index is -0.441. The van der Waals surface area contributed by atoms with Gasteiger partial charge in [-0.1, -0.05) is 12.1 Å². The number of rotatable bonds is 2. The second kappa shape index (κ2) is 4.66. The van der Waals surface area contributed by atoms with E-state index in [4.69, 9.17) is 15.2 Å². The average molecular weight is 259 g/mol. The van der Waals surface area contributed by atoms with Crippen LogP contribution >= 0.6 is 0 Å². The third kappa shape index (κ3) is 1.97. The smallest absolute Gasteiger partial charge is 0.175 e. The van der Waals surface area contributed by atoms with E-state index in [2.05, 4.69) is 19.6 Å². The lowest BCUT2D eigenvalue weighted by atomic mass is 9.76. The molecule has 0 bridgehead atoms. The van der Waals surface area contributed by atoms with E-state index < -0.39 is 5.79 Å². The fourth-order valence-corrected chi connectivity index (χ4v) is 3.36. The predicted molar refractivity (Wildman–Crippen MR) is 75.9 cm³/mol. The summed E-state index contributed by atoms with van der Waals surface area (Å²) in [5.41, 5.74) is 10.8. The van der Waals surface area contributed by atoms with Gasteiger partial charge >= 0.3 is 0 Å². The van der Waals surface area contributed by atoms with E-state index in [-0.39, 0.29) is 0 Å². The van der Waals surface area contributed by atoms with Crippen molar-refractivity contribution >= 4 is 5.69 Å². The minimum absolute atomic E-state index is 0.334. The molecule has 0 radical (unpaired) electrons.